The number of hydrogen-bond acceptors (Lipinski definition) is 4. The van der Waals surface area contributed by atoms with Crippen molar-refractivity contribution in [1.29, 1.82) is 0 Å². The molecule has 0 radical (unpaired) electrons. The lowest BCUT2D eigenvalue weighted by Crippen LogP contribution is -2.42. The third-order valence-corrected chi connectivity index (χ3v) is 6.07. The summed E-state index contributed by atoms with van der Waals surface area (Å²) >= 11 is 0. The summed E-state index contributed by atoms with van der Waals surface area (Å²) in [4.78, 5) is 21.4. The topological polar surface area (TPSA) is 45.7 Å². The molecule has 0 atom stereocenters. The molecular formula is C22H27N3O2. The van der Waals surface area contributed by atoms with E-state index in [1.54, 1.807) is 13.3 Å². The molecule has 5 nitrogen and oxygen atoms in total. The lowest BCUT2D eigenvalue weighted by molar-refractivity contribution is 0.0708. The Balaban J connectivity index is 1.33. The summed E-state index contributed by atoms with van der Waals surface area (Å²) in [6, 6.07) is 13.9. The Kier molecular flexibility index (Phi) is 5.12. The van der Waals surface area contributed by atoms with E-state index in [0.29, 0.717) is 5.69 Å². The standard InChI is InChI=1S/C22H27N3O2/c1-27-19-6-4-5-18(15-19)16-24-12-8-22(9-13-24)10-14-25(17-22)21(26)20-7-2-3-11-23-20/h2-7,11,15H,8-10,12-14,16-17H2,1H3. The minimum Gasteiger partial charge on any atom is -0.497 e. The molecule has 1 spiro atoms. The molecule has 0 aliphatic carbocycles. The number of rotatable bonds is 4. The van der Waals surface area contributed by atoms with Gasteiger partial charge in [-0.25, -0.2) is 0 Å². The Hall–Kier alpha value is -2.40. The highest BCUT2D eigenvalue weighted by molar-refractivity contribution is 5.92. The highest BCUT2D eigenvalue weighted by Crippen LogP contribution is 2.41. The first-order valence-corrected chi connectivity index (χ1v) is 9.73. The molecule has 2 saturated heterocycles. The molecule has 27 heavy (non-hydrogen) atoms. The van der Waals surface area contributed by atoms with Crippen molar-refractivity contribution < 1.29 is 9.53 Å². The number of likely N-dealkylation sites (tertiary alicyclic amines) is 2. The Morgan fingerprint density at radius 3 is 2.67 bits per heavy atom. The van der Waals surface area contributed by atoms with Gasteiger partial charge in [0.1, 0.15) is 11.4 Å². The lowest BCUT2D eigenvalue weighted by atomic mass is 9.77. The molecule has 0 N–H and O–H groups in total. The van der Waals surface area contributed by atoms with Crippen molar-refractivity contribution in [3.8, 4) is 5.75 Å². The zero-order valence-electron chi connectivity index (χ0n) is 15.9. The lowest BCUT2D eigenvalue weighted by Gasteiger charge is -2.39. The molecular weight excluding hydrogens is 338 g/mol. The monoisotopic (exact) mass is 365 g/mol. The van der Waals surface area contributed by atoms with Crippen LogP contribution in [0, 0.1) is 5.41 Å². The Bertz CT molecular complexity index is 785. The van der Waals surface area contributed by atoms with Crippen LogP contribution in [0.3, 0.4) is 0 Å². The fourth-order valence-electron chi connectivity index (χ4n) is 4.38. The largest absolute Gasteiger partial charge is 0.497 e. The van der Waals surface area contributed by atoms with Crippen molar-refractivity contribution in [2.24, 2.45) is 5.41 Å². The quantitative estimate of drug-likeness (QED) is 0.835. The third-order valence-electron chi connectivity index (χ3n) is 6.07. The van der Waals surface area contributed by atoms with Gasteiger partial charge in [0.05, 0.1) is 7.11 Å². The summed E-state index contributed by atoms with van der Waals surface area (Å²) in [7, 11) is 1.71. The number of ether oxygens (including phenoxy) is 1. The molecule has 0 saturated carbocycles. The van der Waals surface area contributed by atoms with Crippen molar-refractivity contribution >= 4 is 5.91 Å². The second-order valence-electron chi connectivity index (χ2n) is 7.82. The summed E-state index contributed by atoms with van der Waals surface area (Å²) in [5.41, 5.74) is 2.14. The van der Waals surface area contributed by atoms with Gasteiger partial charge in [0.15, 0.2) is 0 Å². The van der Waals surface area contributed by atoms with Gasteiger partial charge in [0.2, 0.25) is 0 Å². The maximum absolute atomic E-state index is 12.7. The van der Waals surface area contributed by atoms with Crippen LogP contribution in [0.1, 0.15) is 35.3 Å². The number of piperidine rings is 1. The van der Waals surface area contributed by atoms with Gasteiger partial charge in [-0.3, -0.25) is 14.7 Å². The van der Waals surface area contributed by atoms with E-state index in [1.807, 2.05) is 29.2 Å². The number of methoxy groups -OCH3 is 1. The second-order valence-corrected chi connectivity index (χ2v) is 7.82. The van der Waals surface area contributed by atoms with E-state index >= 15 is 0 Å². The van der Waals surface area contributed by atoms with Gasteiger partial charge in [-0.2, -0.15) is 0 Å². The number of carbonyl (C=O) groups is 1. The molecule has 2 aromatic rings. The summed E-state index contributed by atoms with van der Waals surface area (Å²) in [6.07, 6.45) is 5.11. The predicted octanol–water partition coefficient (Wildman–Crippen LogP) is 3.22. The molecule has 1 aromatic carbocycles. The van der Waals surface area contributed by atoms with Crippen molar-refractivity contribution in [1.82, 2.24) is 14.8 Å². The number of benzene rings is 1. The van der Waals surface area contributed by atoms with Crippen molar-refractivity contribution in [2.75, 3.05) is 33.3 Å². The van der Waals surface area contributed by atoms with Crippen LogP contribution < -0.4 is 4.74 Å². The minimum absolute atomic E-state index is 0.0753. The van der Waals surface area contributed by atoms with Crippen LogP contribution in [0.25, 0.3) is 0 Å². The maximum atomic E-state index is 12.7. The fraction of sp³-hybridized carbons (Fsp3) is 0.455. The zero-order chi connectivity index (χ0) is 18.7. The first-order valence-electron chi connectivity index (χ1n) is 9.73. The second kappa shape index (κ2) is 7.69. The molecule has 3 heterocycles. The number of amides is 1. The number of nitrogens with zero attached hydrogens (tertiary/aromatic N) is 3. The van der Waals surface area contributed by atoms with E-state index < -0.39 is 0 Å². The Morgan fingerprint density at radius 2 is 1.93 bits per heavy atom. The zero-order valence-corrected chi connectivity index (χ0v) is 15.9. The Labute approximate surface area is 161 Å². The van der Waals surface area contributed by atoms with E-state index in [4.69, 9.17) is 4.74 Å². The Morgan fingerprint density at radius 1 is 1.11 bits per heavy atom. The van der Waals surface area contributed by atoms with Gasteiger partial charge in [-0.15, -0.1) is 0 Å². The first-order chi connectivity index (χ1) is 13.2. The van der Waals surface area contributed by atoms with Crippen LogP contribution in [0.2, 0.25) is 0 Å². The van der Waals surface area contributed by atoms with E-state index in [0.717, 1.165) is 57.7 Å². The number of aromatic nitrogens is 1. The first kappa shape index (κ1) is 18.0. The van der Waals surface area contributed by atoms with Gasteiger partial charge >= 0.3 is 0 Å². The number of hydrogen-bond donors (Lipinski definition) is 0. The normalized spacial score (nSPS) is 19.4. The van der Waals surface area contributed by atoms with Crippen LogP contribution in [-0.4, -0.2) is 54.0 Å². The smallest absolute Gasteiger partial charge is 0.272 e. The van der Waals surface area contributed by atoms with E-state index in [1.165, 1.54) is 5.56 Å². The summed E-state index contributed by atoms with van der Waals surface area (Å²) in [6.45, 7) is 4.86. The molecule has 142 valence electrons. The molecule has 0 unspecified atom stereocenters. The summed E-state index contributed by atoms with van der Waals surface area (Å²) in [5.74, 6) is 0.992. The molecule has 0 bridgehead atoms. The third kappa shape index (κ3) is 3.98. The number of carbonyl (C=O) groups excluding carboxylic acids is 1. The molecule has 1 amide bonds. The van der Waals surface area contributed by atoms with Crippen molar-refractivity contribution in [3.63, 3.8) is 0 Å². The number of pyridine rings is 1. The fourth-order valence-corrected chi connectivity index (χ4v) is 4.38. The van der Waals surface area contributed by atoms with E-state index in [2.05, 4.69) is 28.1 Å². The van der Waals surface area contributed by atoms with Gasteiger partial charge in [-0.1, -0.05) is 18.2 Å². The highest BCUT2D eigenvalue weighted by Gasteiger charge is 2.42. The van der Waals surface area contributed by atoms with Gasteiger partial charge < -0.3 is 9.64 Å². The van der Waals surface area contributed by atoms with Crippen LogP contribution in [0.5, 0.6) is 5.75 Å². The molecule has 2 fully saturated rings. The van der Waals surface area contributed by atoms with Crippen LogP contribution in [-0.2, 0) is 6.54 Å². The molecule has 1 aromatic heterocycles. The van der Waals surface area contributed by atoms with Gasteiger partial charge in [-0.05, 0) is 67.6 Å². The van der Waals surface area contributed by atoms with Crippen LogP contribution >= 0.6 is 0 Å². The summed E-state index contributed by atoms with van der Waals surface area (Å²) in [5, 5.41) is 0. The average molecular weight is 365 g/mol. The highest BCUT2D eigenvalue weighted by atomic mass is 16.5. The molecule has 4 rings (SSSR count). The predicted molar refractivity (Wildman–Crippen MR) is 105 cm³/mol. The minimum atomic E-state index is 0.0753. The van der Waals surface area contributed by atoms with Gasteiger partial charge in [0, 0.05) is 25.8 Å². The van der Waals surface area contributed by atoms with Crippen molar-refractivity contribution in [2.45, 2.75) is 25.8 Å². The van der Waals surface area contributed by atoms with Crippen LogP contribution in [0.4, 0.5) is 0 Å². The summed E-state index contributed by atoms with van der Waals surface area (Å²) < 4.78 is 5.33. The molecule has 2 aliphatic heterocycles. The SMILES string of the molecule is COc1cccc(CN2CCC3(CC2)CCN(C(=O)c2ccccn2)C3)c1. The average Bonchev–Trinajstić information content (AvgIpc) is 3.14. The van der Waals surface area contributed by atoms with Crippen molar-refractivity contribution in [3.05, 3.63) is 59.9 Å². The molecule has 2 aliphatic rings. The van der Waals surface area contributed by atoms with E-state index in [9.17, 15) is 4.79 Å². The van der Waals surface area contributed by atoms with Crippen LogP contribution in [0.15, 0.2) is 48.7 Å². The van der Waals surface area contributed by atoms with E-state index in [-0.39, 0.29) is 11.3 Å². The molecule has 5 heteroatoms. The van der Waals surface area contributed by atoms with Gasteiger partial charge in [0.25, 0.3) is 5.91 Å². The maximum Gasteiger partial charge on any atom is 0.272 e.